The van der Waals surface area contributed by atoms with Gasteiger partial charge in [-0.3, -0.25) is 0 Å². The number of aromatic nitrogens is 2. The monoisotopic (exact) mass is 314 g/mol. The third kappa shape index (κ3) is 4.05. The number of hydrogen-bond donors (Lipinski definition) is 2. The minimum Gasteiger partial charge on any atom is -0.334 e. The van der Waals surface area contributed by atoms with E-state index in [1.807, 2.05) is 11.5 Å². The summed E-state index contributed by atoms with van der Waals surface area (Å²) >= 11 is 0. The van der Waals surface area contributed by atoms with Crippen LogP contribution in [0.4, 0.5) is 0 Å². The van der Waals surface area contributed by atoms with Gasteiger partial charge in [0.2, 0.25) is 0 Å². The van der Waals surface area contributed by atoms with E-state index >= 15 is 0 Å². The Morgan fingerprint density at radius 2 is 2.29 bits per heavy atom. The van der Waals surface area contributed by atoms with E-state index in [-0.39, 0.29) is 10.4 Å². The number of aryl methyl sites for hydroxylation is 2. The fourth-order valence-electron chi connectivity index (χ4n) is 2.69. The molecule has 1 aliphatic heterocycles. The fraction of sp³-hybridized carbons (Fsp3) is 0.786. The van der Waals surface area contributed by atoms with Crippen LogP contribution < -0.4 is 10.0 Å². The van der Waals surface area contributed by atoms with Crippen molar-refractivity contribution in [3.8, 4) is 0 Å². The number of piperidine rings is 1. The van der Waals surface area contributed by atoms with Gasteiger partial charge in [0.15, 0.2) is 5.03 Å². The van der Waals surface area contributed by atoms with Crippen LogP contribution in [0, 0.1) is 12.3 Å². The number of imidazole rings is 1. The van der Waals surface area contributed by atoms with E-state index in [1.165, 1.54) is 0 Å². The highest BCUT2D eigenvalue weighted by atomic mass is 32.2. The molecule has 1 aromatic rings. The van der Waals surface area contributed by atoms with Crippen LogP contribution in [-0.4, -0.2) is 37.6 Å². The lowest BCUT2D eigenvalue weighted by atomic mass is 9.83. The Balaban J connectivity index is 2.06. The maximum absolute atomic E-state index is 12.4. The lowest BCUT2D eigenvalue weighted by molar-refractivity contribution is 0.238. The van der Waals surface area contributed by atoms with Crippen molar-refractivity contribution in [2.75, 3.05) is 19.6 Å². The van der Waals surface area contributed by atoms with E-state index in [1.54, 1.807) is 6.20 Å². The number of nitrogens with one attached hydrogen (secondary N) is 2. The number of hydrogen-bond acceptors (Lipinski definition) is 4. The molecule has 1 aliphatic rings. The van der Waals surface area contributed by atoms with Crippen LogP contribution in [0.5, 0.6) is 0 Å². The van der Waals surface area contributed by atoms with Crippen molar-refractivity contribution in [3.05, 3.63) is 12.0 Å². The first-order valence-corrected chi connectivity index (χ1v) is 9.09. The molecule has 1 aromatic heterocycles. The van der Waals surface area contributed by atoms with Gasteiger partial charge in [0, 0.05) is 25.8 Å². The maximum atomic E-state index is 12.4. The van der Waals surface area contributed by atoms with Crippen LogP contribution in [0.1, 0.15) is 38.9 Å². The molecular weight excluding hydrogens is 288 g/mol. The molecule has 120 valence electrons. The summed E-state index contributed by atoms with van der Waals surface area (Å²) in [5.74, 6) is 0.739. The molecule has 0 aliphatic carbocycles. The Labute approximate surface area is 127 Å². The largest absolute Gasteiger partial charge is 0.334 e. The van der Waals surface area contributed by atoms with Crippen molar-refractivity contribution in [2.45, 2.75) is 51.6 Å². The second kappa shape index (κ2) is 6.46. The Bertz CT molecular complexity index is 574. The Morgan fingerprint density at radius 1 is 1.52 bits per heavy atom. The topological polar surface area (TPSA) is 76.0 Å². The van der Waals surface area contributed by atoms with Gasteiger partial charge in [0.05, 0.1) is 0 Å². The second-order valence-corrected chi connectivity index (χ2v) is 7.95. The molecule has 0 bridgehead atoms. The number of rotatable bonds is 6. The molecule has 0 aromatic carbocycles. The summed E-state index contributed by atoms with van der Waals surface area (Å²) in [6, 6.07) is 0. The molecule has 0 amide bonds. The summed E-state index contributed by atoms with van der Waals surface area (Å²) in [6.07, 6.45) is 4.70. The molecule has 6 nitrogen and oxygen atoms in total. The van der Waals surface area contributed by atoms with Crippen molar-refractivity contribution in [3.63, 3.8) is 0 Å². The molecule has 2 heterocycles. The van der Waals surface area contributed by atoms with Crippen LogP contribution in [0.2, 0.25) is 0 Å². The third-order valence-corrected chi connectivity index (χ3v) is 5.34. The lowest BCUT2D eigenvalue weighted by Crippen LogP contribution is -2.45. The fourth-order valence-corrected chi connectivity index (χ4v) is 3.89. The zero-order chi connectivity index (χ0) is 15.5. The summed E-state index contributed by atoms with van der Waals surface area (Å²) in [7, 11) is -3.53. The Hall–Kier alpha value is -0.920. The van der Waals surface area contributed by atoms with Gasteiger partial charge in [-0.05, 0) is 38.1 Å². The van der Waals surface area contributed by atoms with Gasteiger partial charge in [-0.15, -0.1) is 0 Å². The molecule has 1 fully saturated rings. The summed E-state index contributed by atoms with van der Waals surface area (Å²) < 4.78 is 29.4. The molecule has 1 unspecified atom stereocenters. The molecule has 1 saturated heterocycles. The third-order valence-electron chi connectivity index (χ3n) is 4.07. The zero-order valence-electron chi connectivity index (χ0n) is 13.1. The van der Waals surface area contributed by atoms with Gasteiger partial charge in [0.25, 0.3) is 10.0 Å². The maximum Gasteiger partial charge on any atom is 0.259 e. The normalized spacial score (nSPS) is 23.4. The highest BCUT2D eigenvalue weighted by Gasteiger charge is 2.29. The van der Waals surface area contributed by atoms with Gasteiger partial charge >= 0.3 is 0 Å². The summed E-state index contributed by atoms with van der Waals surface area (Å²) in [5.41, 5.74) is -0.0215. The molecule has 7 heteroatoms. The van der Waals surface area contributed by atoms with Crippen molar-refractivity contribution in [2.24, 2.45) is 5.41 Å². The smallest absolute Gasteiger partial charge is 0.259 e. The minimum absolute atomic E-state index is 0.0215. The molecule has 1 atom stereocenters. The van der Waals surface area contributed by atoms with E-state index in [0.717, 1.165) is 44.7 Å². The summed E-state index contributed by atoms with van der Waals surface area (Å²) in [4.78, 5) is 4.18. The van der Waals surface area contributed by atoms with Gasteiger partial charge in [-0.25, -0.2) is 18.1 Å². The molecule has 0 saturated carbocycles. The highest BCUT2D eigenvalue weighted by Crippen LogP contribution is 2.25. The summed E-state index contributed by atoms with van der Waals surface area (Å²) in [6.45, 7) is 9.10. The molecule has 0 radical (unpaired) electrons. The first-order valence-electron chi connectivity index (χ1n) is 7.60. The molecule has 2 N–H and O–H groups in total. The average Bonchev–Trinajstić information content (AvgIpc) is 2.81. The van der Waals surface area contributed by atoms with Crippen molar-refractivity contribution in [1.29, 1.82) is 0 Å². The van der Waals surface area contributed by atoms with E-state index in [9.17, 15) is 8.42 Å². The standard InChI is InChI=1S/C14H26N4O2S/c1-4-8-18-9-13(17-12(18)2)21(19,20)16-11-14(3)6-5-7-15-10-14/h9,15-16H,4-8,10-11H2,1-3H3. The average molecular weight is 314 g/mol. The van der Waals surface area contributed by atoms with Crippen LogP contribution in [0.15, 0.2) is 11.2 Å². The van der Waals surface area contributed by atoms with Crippen molar-refractivity contribution in [1.82, 2.24) is 19.6 Å². The second-order valence-electron chi connectivity index (χ2n) is 6.24. The number of nitrogens with zero attached hydrogens (tertiary/aromatic N) is 2. The van der Waals surface area contributed by atoms with Gasteiger partial charge in [-0.1, -0.05) is 13.8 Å². The van der Waals surface area contributed by atoms with Crippen molar-refractivity contribution >= 4 is 10.0 Å². The van der Waals surface area contributed by atoms with Crippen LogP contribution >= 0.6 is 0 Å². The van der Waals surface area contributed by atoms with E-state index in [4.69, 9.17) is 0 Å². The predicted octanol–water partition coefficient (Wildman–Crippen LogP) is 1.27. The SMILES string of the molecule is CCCn1cc(S(=O)(=O)NCC2(C)CCCNC2)nc1C. The van der Waals surface area contributed by atoms with Crippen molar-refractivity contribution < 1.29 is 8.42 Å². The molecule has 2 rings (SSSR count). The van der Waals surface area contributed by atoms with Gasteiger partial charge < -0.3 is 9.88 Å². The van der Waals surface area contributed by atoms with E-state index in [0.29, 0.717) is 6.54 Å². The first-order chi connectivity index (χ1) is 9.86. The minimum atomic E-state index is -3.53. The number of sulfonamides is 1. The quantitative estimate of drug-likeness (QED) is 0.829. The van der Waals surface area contributed by atoms with Crippen LogP contribution in [0.25, 0.3) is 0 Å². The zero-order valence-corrected chi connectivity index (χ0v) is 14.0. The Kier molecular flexibility index (Phi) is 5.06. The van der Waals surface area contributed by atoms with E-state index < -0.39 is 10.0 Å². The van der Waals surface area contributed by atoms with Gasteiger partial charge in [-0.2, -0.15) is 0 Å². The van der Waals surface area contributed by atoms with Gasteiger partial charge in [0.1, 0.15) is 5.82 Å². The summed E-state index contributed by atoms with van der Waals surface area (Å²) in [5, 5.41) is 3.45. The molecular formula is C14H26N4O2S. The van der Waals surface area contributed by atoms with Crippen LogP contribution in [0.3, 0.4) is 0 Å². The lowest BCUT2D eigenvalue weighted by Gasteiger charge is -2.34. The van der Waals surface area contributed by atoms with Crippen LogP contribution in [-0.2, 0) is 16.6 Å². The Morgan fingerprint density at radius 3 is 2.90 bits per heavy atom. The van der Waals surface area contributed by atoms with E-state index in [2.05, 4.69) is 28.9 Å². The molecule has 21 heavy (non-hydrogen) atoms. The predicted molar refractivity (Wildman–Crippen MR) is 82.7 cm³/mol. The first kappa shape index (κ1) is 16.5. The highest BCUT2D eigenvalue weighted by molar-refractivity contribution is 7.89. The molecule has 0 spiro atoms.